The quantitative estimate of drug-likeness (QED) is 0.787. The monoisotopic (exact) mass is 385 g/mol. The highest BCUT2D eigenvalue weighted by Gasteiger charge is 2.63. The largest absolute Gasteiger partial charge is 0.497 e. The van der Waals surface area contributed by atoms with Crippen molar-refractivity contribution in [2.45, 2.75) is 70.4 Å². The van der Waals surface area contributed by atoms with Crippen LogP contribution in [0.2, 0.25) is 0 Å². The molecule has 3 aliphatic rings. The van der Waals surface area contributed by atoms with E-state index in [-0.39, 0.29) is 23.8 Å². The van der Waals surface area contributed by atoms with E-state index in [0.717, 1.165) is 29.9 Å². The zero-order chi connectivity index (χ0) is 20.3. The van der Waals surface area contributed by atoms with Crippen LogP contribution in [0.15, 0.2) is 36.4 Å². The highest BCUT2D eigenvalue weighted by atomic mass is 16.5. The molecule has 6 atom stereocenters. The van der Waals surface area contributed by atoms with Crippen molar-refractivity contribution in [2.75, 3.05) is 13.7 Å². The molecule has 3 fully saturated rings. The van der Waals surface area contributed by atoms with Gasteiger partial charge in [0.2, 0.25) is 0 Å². The first-order valence-electron chi connectivity index (χ1n) is 10.6. The number of hydrogen-bond acceptors (Lipinski definition) is 4. The molecule has 1 aliphatic carbocycles. The second kappa shape index (κ2) is 6.86. The SMILES string of the molecule is C=C(C)[C@@H]1CN2[C@@H](O[C@@H]3C[C@H](C)CC[C@@H]3C2(C)C)[C@@]1(O)c1ccc(OC)cc1. The second-order valence-electron chi connectivity index (χ2n) is 9.81. The van der Waals surface area contributed by atoms with Gasteiger partial charge in [-0.1, -0.05) is 37.6 Å². The van der Waals surface area contributed by atoms with Gasteiger partial charge in [0.1, 0.15) is 17.6 Å². The predicted molar refractivity (Wildman–Crippen MR) is 111 cm³/mol. The number of benzene rings is 1. The van der Waals surface area contributed by atoms with Crippen LogP contribution in [0.1, 0.15) is 52.5 Å². The van der Waals surface area contributed by atoms with E-state index in [1.54, 1.807) is 7.11 Å². The number of nitrogens with zero attached hydrogens (tertiary/aromatic N) is 1. The number of fused-ring (bicyclic) bond motifs is 2. The summed E-state index contributed by atoms with van der Waals surface area (Å²) in [5, 5.41) is 12.2. The van der Waals surface area contributed by atoms with Gasteiger partial charge in [-0.2, -0.15) is 0 Å². The topological polar surface area (TPSA) is 41.9 Å². The minimum atomic E-state index is -1.11. The summed E-state index contributed by atoms with van der Waals surface area (Å²) in [5.74, 6) is 1.91. The third kappa shape index (κ3) is 2.84. The standard InChI is InChI=1S/C24H35NO3/c1-15(2)20-14-25-22(24(20,26)17-8-10-18(27-6)11-9-17)28-21-13-16(3)7-12-19(21)23(25,4)5/h8-11,16,19-22,26H,1,7,12-14H2,2-6H3/t16-,19+,20+,21-,22+,24-/m1/s1. The summed E-state index contributed by atoms with van der Waals surface area (Å²) in [7, 11) is 1.66. The summed E-state index contributed by atoms with van der Waals surface area (Å²) in [6.07, 6.45) is 3.38. The van der Waals surface area contributed by atoms with Gasteiger partial charge in [-0.3, -0.25) is 4.90 Å². The molecule has 2 saturated heterocycles. The Labute approximate surface area is 169 Å². The maximum atomic E-state index is 12.2. The average molecular weight is 386 g/mol. The van der Waals surface area contributed by atoms with Crippen LogP contribution in [-0.4, -0.2) is 41.5 Å². The van der Waals surface area contributed by atoms with Crippen molar-refractivity contribution >= 4 is 0 Å². The van der Waals surface area contributed by atoms with Crippen LogP contribution in [0, 0.1) is 17.8 Å². The lowest BCUT2D eigenvalue weighted by molar-refractivity contribution is -0.263. The first kappa shape index (κ1) is 19.9. The van der Waals surface area contributed by atoms with Crippen LogP contribution in [0.4, 0.5) is 0 Å². The summed E-state index contributed by atoms with van der Waals surface area (Å²) < 4.78 is 12.1. The molecule has 0 radical (unpaired) electrons. The number of methoxy groups -OCH3 is 1. The van der Waals surface area contributed by atoms with Gasteiger partial charge in [-0.05, 0) is 57.2 Å². The van der Waals surface area contributed by atoms with E-state index in [1.807, 2.05) is 31.2 Å². The average Bonchev–Trinajstić information content (AvgIpc) is 2.96. The van der Waals surface area contributed by atoms with Crippen molar-refractivity contribution in [3.8, 4) is 5.75 Å². The number of ether oxygens (including phenoxy) is 2. The van der Waals surface area contributed by atoms with Crippen LogP contribution in [0.3, 0.4) is 0 Å². The Morgan fingerprint density at radius 3 is 2.54 bits per heavy atom. The molecule has 0 unspecified atom stereocenters. The highest BCUT2D eigenvalue weighted by molar-refractivity contribution is 5.36. The molecular formula is C24H35NO3. The van der Waals surface area contributed by atoms with Crippen LogP contribution < -0.4 is 4.74 Å². The molecule has 4 rings (SSSR count). The Morgan fingerprint density at radius 1 is 1.25 bits per heavy atom. The molecule has 4 nitrogen and oxygen atoms in total. The first-order valence-corrected chi connectivity index (χ1v) is 10.6. The van der Waals surface area contributed by atoms with Gasteiger partial charge in [0.05, 0.1) is 13.2 Å². The maximum Gasteiger partial charge on any atom is 0.145 e. The fourth-order valence-electron chi connectivity index (χ4n) is 5.95. The van der Waals surface area contributed by atoms with Crippen molar-refractivity contribution in [1.29, 1.82) is 0 Å². The summed E-state index contributed by atoms with van der Waals surface area (Å²) >= 11 is 0. The molecule has 4 heteroatoms. The van der Waals surface area contributed by atoms with E-state index in [0.29, 0.717) is 11.8 Å². The Balaban J connectivity index is 1.77. The van der Waals surface area contributed by atoms with Crippen LogP contribution in [-0.2, 0) is 10.3 Å². The van der Waals surface area contributed by atoms with E-state index in [1.165, 1.54) is 12.8 Å². The minimum absolute atomic E-state index is 0.0155. The lowest BCUT2D eigenvalue weighted by atomic mass is 9.69. The molecule has 0 spiro atoms. The van der Waals surface area contributed by atoms with Crippen LogP contribution in [0.5, 0.6) is 5.75 Å². The molecule has 2 heterocycles. The Morgan fingerprint density at radius 2 is 1.93 bits per heavy atom. The van der Waals surface area contributed by atoms with E-state index in [2.05, 4.69) is 32.3 Å². The maximum absolute atomic E-state index is 12.2. The highest BCUT2D eigenvalue weighted by Crippen LogP contribution is 2.55. The van der Waals surface area contributed by atoms with Gasteiger partial charge in [0, 0.05) is 23.9 Å². The van der Waals surface area contributed by atoms with Crippen molar-refractivity contribution < 1.29 is 14.6 Å². The predicted octanol–water partition coefficient (Wildman–Crippen LogP) is 4.33. The Hall–Kier alpha value is -1.36. The van der Waals surface area contributed by atoms with Gasteiger partial charge in [-0.15, -0.1) is 0 Å². The number of rotatable bonds is 3. The first-order chi connectivity index (χ1) is 13.2. The van der Waals surface area contributed by atoms with Crippen molar-refractivity contribution in [3.05, 3.63) is 42.0 Å². The van der Waals surface area contributed by atoms with E-state index in [4.69, 9.17) is 9.47 Å². The van der Waals surface area contributed by atoms with Crippen LogP contribution in [0.25, 0.3) is 0 Å². The summed E-state index contributed by atoms with van der Waals surface area (Å²) in [6.45, 7) is 14.0. The molecule has 1 saturated carbocycles. The Bertz CT molecular complexity index is 743. The van der Waals surface area contributed by atoms with Gasteiger partial charge in [0.25, 0.3) is 0 Å². The molecular weight excluding hydrogens is 350 g/mol. The lowest BCUT2D eigenvalue weighted by Gasteiger charge is -2.56. The van der Waals surface area contributed by atoms with Crippen molar-refractivity contribution in [1.82, 2.24) is 4.90 Å². The summed E-state index contributed by atoms with van der Waals surface area (Å²) in [6, 6.07) is 7.80. The molecule has 154 valence electrons. The summed E-state index contributed by atoms with van der Waals surface area (Å²) in [5.41, 5.74) is 0.759. The molecule has 2 aliphatic heterocycles. The fraction of sp³-hybridized carbons (Fsp3) is 0.667. The van der Waals surface area contributed by atoms with Gasteiger partial charge >= 0.3 is 0 Å². The molecule has 1 aromatic rings. The molecule has 28 heavy (non-hydrogen) atoms. The van der Waals surface area contributed by atoms with Gasteiger partial charge < -0.3 is 14.6 Å². The van der Waals surface area contributed by atoms with Crippen LogP contribution >= 0.6 is 0 Å². The number of hydrogen-bond donors (Lipinski definition) is 1. The minimum Gasteiger partial charge on any atom is -0.497 e. The normalized spacial score (nSPS) is 39.9. The number of aliphatic hydroxyl groups is 1. The second-order valence-corrected chi connectivity index (χ2v) is 9.81. The molecule has 0 aromatic heterocycles. The third-order valence-corrected chi connectivity index (χ3v) is 7.72. The van der Waals surface area contributed by atoms with E-state index < -0.39 is 5.60 Å². The van der Waals surface area contributed by atoms with Crippen molar-refractivity contribution in [2.24, 2.45) is 17.8 Å². The molecule has 1 aromatic carbocycles. The third-order valence-electron chi connectivity index (χ3n) is 7.72. The summed E-state index contributed by atoms with van der Waals surface area (Å²) in [4.78, 5) is 2.41. The van der Waals surface area contributed by atoms with Gasteiger partial charge in [-0.25, -0.2) is 0 Å². The van der Waals surface area contributed by atoms with E-state index in [9.17, 15) is 5.11 Å². The molecule has 0 amide bonds. The molecule has 1 N–H and O–H groups in total. The zero-order valence-electron chi connectivity index (χ0n) is 17.9. The fourth-order valence-corrected chi connectivity index (χ4v) is 5.95. The zero-order valence-corrected chi connectivity index (χ0v) is 17.9. The smallest absolute Gasteiger partial charge is 0.145 e. The van der Waals surface area contributed by atoms with Crippen molar-refractivity contribution in [3.63, 3.8) is 0 Å². The molecule has 0 bridgehead atoms. The lowest BCUT2D eigenvalue weighted by Crippen LogP contribution is -2.65. The Kier molecular flexibility index (Phi) is 4.88. The van der Waals surface area contributed by atoms with Gasteiger partial charge in [0.15, 0.2) is 0 Å². The van der Waals surface area contributed by atoms with E-state index >= 15 is 0 Å².